The molecule has 3 aromatic rings. The van der Waals surface area contributed by atoms with Gasteiger partial charge in [0.1, 0.15) is 22.6 Å². The lowest BCUT2D eigenvalue weighted by molar-refractivity contribution is 0.0365. The molecule has 0 aliphatic heterocycles. The van der Waals surface area contributed by atoms with Crippen molar-refractivity contribution < 1.29 is 18.6 Å². The number of carbonyl (C=O) groups excluding carboxylic acids is 1. The van der Waals surface area contributed by atoms with Crippen LogP contribution in [-0.4, -0.2) is 32.3 Å². The van der Waals surface area contributed by atoms with Crippen molar-refractivity contribution in [3.05, 3.63) is 66.2 Å². The minimum atomic E-state index is -1.19. The molecule has 1 aromatic carbocycles. The minimum Gasteiger partial charge on any atom is -0.593 e. The van der Waals surface area contributed by atoms with E-state index in [9.17, 15) is 13.7 Å². The van der Waals surface area contributed by atoms with Gasteiger partial charge in [0.25, 0.3) is 5.91 Å². The maximum atomic E-state index is 13.5. The lowest BCUT2D eigenvalue weighted by Crippen LogP contribution is -2.25. The van der Waals surface area contributed by atoms with E-state index in [-0.39, 0.29) is 16.6 Å². The summed E-state index contributed by atoms with van der Waals surface area (Å²) in [6, 6.07) is 13.2. The summed E-state index contributed by atoms with van der Waals surface area (Å²) in [6.45, 7) is 2.05. The van der Waals surface area contributed by atoms with Crippen LogP contribution in [0.4, 0.5) is 33.1 Å². The predicted octanol–water partition coefficient (Wildman–Crippen LogP) is 4.02. The molecule has 2 aromatic heterocycles. The number of rotatable bonds is 10. The molecule has 2 heterocycles. The van der Waals surface area contributed by atoms with Crippen LogP contribution >= 0.6 is 0 Å². The van der Waals surface area contributed by atoms with Crippen molar-refractivity contribution in [2.45, 2.75) is 25.0 Å². The number of carbonyl (C=O) groups is 1. The number of hydrogen-bond donors (Lipinski definition) is 4. The van der Waals surface area contributed by atoms with E-state index in [1.807, 2.05) is 12.1 Å². The molecule has 1 unspecified atom stereocenters. The van der Waals surface area contributed by atoms with Gasteiger partial charge in [0.2, 0.25) is 5.95 Å². The van der Waals surface area contributed by atoms with E-state index >= 15 is 0 Å². The fraction of sp³-hybridized carbons (Fsp3) is 0.227. The molecule has 0 bridgehead atoms. The van der Waals surface area contributed by atoms with E-state index in [0.29, 0.717) is 29.5 Å². The third-order valence-corrected chi connectivity index (χ3v) is 6.16. The second-order valence-corrected chi connectivity index (χ2v) is 8.68. The molecule has 4 rings (SSSR count). The van der Waals surface area contributed by atoms with Crippen molar-refractivity contribution >= 4 is 46.0 Å². The molecule has 0 saturated heterocycles. The fourth-order valence-electron chi connectivity index (χ4n) is 2.91. The minimum absolute atomic E-state index is 0.154. The molecule has 1 saturated carbocycles. The highest BCUT2D eigenvalue weighted by atomic mass is 32.2. The van der Waals surface area contributed by atoms with Crippen LogP contribution in [0.2, 0.25) is 0 Å². The number of amides is 1. The highest BCUT2D eigenvalue weighted by Gasteiger charge is 2.35. The van der Waals surface area contributed by atoms with Crippen molar-refractivity contribution in [1.82, 2.24) is 15.4 Å². The summed E-state index contributed by atoms with van der Waals surface area (Å²) < 4.78 is 28.9. The second-order valence-electron chi connectivity index (χ2n) is 7.22. The average Bonchev–Trinajstić information content (AvgIpc) is 3.65. The van der Waals surface area contributed by atoms with Crippen LogP contribution in [0, 0.1) is 5.95 Å². The number of hydrogen-bond acceptors (Lipinski definition) is 8. The van der Waals surface area contributed by atoms with Gasteiger partial charge in [0, 0.05) is 25.1 Å². The van der Waals surface area contributed by atoms with Gasteiger partial charge < -0.3 is 15.2 Å². The van der Waals surface area contributed by atoms with Crippen LogP contribution in [0.3, 0.4) is 0 Å². The summed E-state index contributed by atoms with van der Waals surface area (Å²) in [5.74, 6) is -0.513. The first kappa shape index (κ1) is 22.8. The number of hydroxylamine groups is 1. The van der Waals surface area contributed by atoms with E-state index in [0.717, 1.165) is 12.8 Å². The quantitative estimate of drug-likeness (QED) is 0.199. The molecule has 1 atom stereocenters. The summed E-state index contributed by atoms with van der Waals surface area (Å²) in [5, 5.41) is 6.29. The summed E-state index contributed by atoms with van der Waals surface area (Å²) in [5.41, 5.74) is 4.25. The molecule has 11 heteroatoms. The molecular formula is C22H23FN6O3S. The van der Waals surface area contributed by atoms with Gasteiger partial charge in [-0.1, -0.05) is 18.2 Å². The van der Waals surface area contributed by atoms with Crippen LogP contribution in [0.25, 0.3) is 0 Å². The SMILES string of the molecule is CCONC(=O)c1cnc(Nc2cccc(F)n2)cc1Nc1ccccc1N[S+]([O-])C1CC1. The number of halogens is 1. The van der Waals surface area contributed by atoms with Gasteiger partial charge in [-0.05, 0) is 31.2 Å². The molecule has 172 valence electrons. The number of aromatic nitrogens is 2. The highest BCUT2D eigenvalue weighted by molar-refractivity contribution is 7.93. The van der Waals surface area contributed by atoms with Crippen molar-refractivity contribution in [1.29, 1.82) is 0 Å². The molecule has 1 amide bonds. The highest BCUT2D eigenvalue weighted by Crippen LogP contribution is 2.33. The Morgan fingerprint density at radius 2 is 1.91 bits per heavy atom. The first-order valence-corrected chi connectivity index (χ1v) is 11.6. The Kier molecular flexibility index (Phi) is 7.23. The van der Waals surface area contributed by atoms with Gasteiger partial charge in [-0.25, -0.2) is 20.2 Å². The fourth-order valence-corrected chi connectivity index (χ4v) is 4.04. The molecule has 33 heavy (non-hydrogen) atoms. The normalized spacial score (nSPS) is 13.8. The molecule has 1 aliphatic carbocycles. The van der Waals surface area contributed by atoms with Crippen molar-refractivity contribution in [3.8, 4) is 0 Å². The number of nitrogens with zero attached hydrogens (tertiary/aromatic N) is 2. The number of anilines is 5. The molecule has 0 spiro atoms. The van der Waals surface area contributed by atoms with Gasteiger partial charge in [-0.3, -0.25) is 9.63 Å². The molecule has 9 nitrogen and oxygen atoms in total. The third kappa shape index (κ3) is 6.09. The average molecular weight is 471 g/mol. The Bertz CT molecular complexity index is 1130. The number of benzene rings is 1. The van der Waals surface area contributed by atoms with Gasteiger partial charge in [0.15, 0.2) is 0 Å². The Balaban J connectivity index is 1.63. The van der Waals surface area contributed by atoms with Gasteiger partial charge in [0.05, 0.1) is 34.9 Å². The number of pyridine rings is 2. The Morgan fingerprint density at radius 1 is 1.12 bits per heavy atom. The molecule has 1 fully saturated rings. The van der Waals surface area contributed by atoms with Gasteiger partial charge in [-0.15, -0.1) is 0 Å². The van der Waals surface area contributed by atoms with E-state index in [2.05, 4.69) is 30.8 Å². The Hall–Kier alpha value is -3.41. The molecule has 4 N–H and O–H groups in total. The summed E-state index contributed by atoms with van der Waals surface area (Å²) >= 11 is -1.19. The molecular weight excluding hydrogens is 447 g/mol. The topological polar surface area (TPSA) is 123 Å². The third-order valence-electron chi connectivity index (χ3n) is 4.66. The zero-order valence-corrected chi connectivity index (χ0v) is 18.6. The summed E-state index contributed by atoms with van der Waals surface area (Å²) in [4.78, 5) is 25.7. The monoisotopic (exact) mass is 470 g/mol. The van der Waals surface area contributed by atoms with E-state index < -0.39 is 23.2 Å². The Labute approximate surface area is 193 Å². The number of nitrogens with one attached hydrogen (secondary N) is 4. The molecule has 0 radical (unpaired) electrons. The van der Waals surface area contributed by atoms with Crippen LogP contribution in [0.15, 0.2) is 54.7 Å². The first-order chi connectivity index (χ1) is 16.0. The lowest BCUT2D eigenvalue weighted by atomic mass is 10.2. The largest absolute Gasteiger partial charge is 0.593 e. The summed E-state index contributed by atoms with van der Waals surface area (Å²) in [6.07, 6.45) is 3.24. The maximum absolute atomic E-state index is 13.5. The zero-order chi connectivity index (χ0) is 23.2. The van der Waals surface area contributed by atoms with Gasteiger partial charge >= 0.3 is 0 Å². The van der Waals surface area contributed by atoms with Crippen molar-refractivity contribution in [3.63, 3.8) is 0 Å². The second kappa shape index (κ2) is 10.5. The first-order valence-electron chi connectivity index (χ1n) is 10.4. The number of para-hydroxylation sites is 2. The van der Waals surface area contributed by atoms with E-state index in [1.54, 1.807) is 31.2 Å². The van der Waals surface area contributed by atoms with Crippen molar-refractivity contribution in [2.24, 2.45) is 0 Å². The van der Waals surface area contributed by atoms with Crippen LogP contribution in [0.1, 0.15) is 30.1 Å². The van der Waals surface area contributed by atoms with E-state index in [1.165, 1.54) is 18.3 Å². The van der Waals surface area contributed by atoms with Crippen LogP contribution in [0.5, 0.6) is 0 Å². The smallest absolute Gasteiger partial charge is 0.278 e. The molecule has 1 aliphatic rings. The van der Waals surface area contributed by atoms with Crippen LogP contribution < -0.4 is 20.8 Å². The maximum Gasteiger partial charge on any atom is 0.278 e. The Morgan fingerprint density at radius 3 is 2.64 bits per heavy atom. The predicted molar refractivity (Wildman–Crippen MR) is 125 cm³/mol. The van der Waals surface area contributed by atoms with E-state index in [4.69, 9.17) is 4.84 Å². The van der Waals surface area contributed by atoms with Crippen molar-refractivity contribution in [2.75, 3.05) is 22.0 Å². The van der Waals surface area contributed by atoms with Crippen LogP contribution in [-0.2, 0) is 16.2 Å². The lowest BCUT2D eigenvalue weighted by Gasteiger charge is -2.18. The zero-order valence-electron chi connectivity index (χ0n) is 17.8. The summed E-state index contributed by atoms with van der Waals surface area (Å²) in [7, 11) is 0. The van der Waals surface area contributed by atoms with Gasteiger partial charge in [-0.2, -0.15) is 4.39 Å². The standard InChI is InChI=1S/C22H23FN6O3S/c1-2-32-28-22(30)15-13-24-21(27-20-9-5-8-19(23)26-20)12-18(15)25-16-6-3-4-7-17(16)29-33(31)14-10-11-14/h3-9,12-14,29H,2,10-11H2,1H3,(H,28,30)(H2,24,25,26,27).